The van der Waals surface area contributed by atoms with E-state index in [1.807, 2.05) is 18.2 Å². The van der Waals surface area contributed by atoms with E-state index in [1.165, 1.54) is 25.7 Å². The first-order valence-electron chi connectivity index (χ1n) is 7.79. The van der Waals surface area contributed by atoms with Crippen LogP contribution in [0.3, 0.4) is 0 Å². The maximum Gasteiger partial charge on any atom is 0.231 e. The summed E-state index contributed by atoms with van der Waals surface area (Å²) in [5, 5.41) is 13.6. The number of fused-ring (bicyclic) bond motifs is 1. The molecule has 4 nitrogen and oxygen atoms in total. The summed E-state index contributed by atoms with van der Waals surface area (Å²) < 4.78 is 10.6. The van der Waals surface area contributed by atoms with E-state index in [0.29, 0.717) is 6.54 Å². The third kappa shape index (κ3) is 3.77. The van der Waals surface area contributed by atoms with Crippen LogP contribution in [-0.2, 0) is 0 Å². The van der Waals surface area contributed by atoms with Gasteiger partial charge in [-0.3, -0.25) is 0 Å². The van der Waals surface area contributed by atoms with Crippen LogP contribution in [0.2, 0.25) is 0 Å². The van der Waals surface area contributed by atoms with E-state index in [0.717, 1.165) is 30.0 Å². The van der Waals surface area contributed by atoms with Gasteiger partial charge in [0.05, 0.1) is 6.10 Å². The van der Waals surface area contributed by atoms with E-state index in [1.54, 1.807) is 5.57 Å². The molecule has 1 atom stereocenters. The van der Waals surface area contributed by atoms with Crippen LogP contribution in [0.1, 0.15) is 43.8 Å². The highest BCUT2D eigenvalue weighted by atomic mass is 16.7. The summed E-state index contributed by atoms with van der Waals surface area (Å²) in [7, 11) is 0. The fourth-order valence-electron chi connectivity index (χ4n) is 2.86. The molecule has 0 saturated heterocycles. The van der Waals surface area contributed by atoms with E-state index >= 15 is 0 Å². The molecule has 1 aromatic carbocycles. The number of rotatable bonds is 6. The van der Waals surface area contributed by atoms with Crippen LogP contribution >= 0.6 is 0 Å². The van der Waals surface area contributed by atoms with Crippen molar-refractivity contribution in [1.29, 1.82) is 0 Å². The van der Waals surface area contributed by atoms with Crippen molar-refractivity contribution in [2.24, 2.45) is 0 Å². The van der Waals surface area contributed by atoms with Crippen molar-refractivity contribution in [3.05, 3.63) is 35.4 Å². The summed E-state index contributed by atoms with van der Waals surface area (Å²) in [6.07, 6.45) is 8.08. The molecule has 1 aliphatic heterocycles. The highest BCUT2D eigenvalue weighted by Gasteiger charge is 2.16. The van der Waals surface area contributed by atoms with Crippen LogP contribution < -0.4 is 14.8 Å². The fraction of sp³-hybridized carbons (Fsp3) is 0.529. The summed E-state index contributed by atoms with van der Waals surface area (Å²) in [5.74, 6) is 1.47. The highest BCUT2D eigenvalue weighted by molar-refractivity contribution is 5.45. The SMILES string of the molecule is OC(CNCCC1=CCCCC1)c1ccc2c(c1)OCO2. The Bertz CT molecular complexity index is 513. The Morgan fingerprint density at radius 3 is 2.95 bits per heavy atom. The number of allylic oxidation sites excluding steroid dienone is 1. The zero-order chi connectivity index (χ0) is 14.5. The zero-order valence-electron chi connectivity index (χ0n) is 12.3. The molecule has 0 fully saturated rings. The molecule has 2 N–H and O–H groups in total. The smallest absolute Gasteiger partial charge is 0.231 e. The Hall–Kier alpha value is -1.52. The Balaban J connectivity index is 1.43. The first-order valence-corrected chi connectivity index (χ1v) is 7.79. The quantitative estimate of drug-likeness (QED) is 0.624. The highest BCUT2D eigenvalue weighted by Crippen LogP contribution is 2.34. The number of hydrogen-bond donors (Lipinski definition) is 2. The van der Waals surface area contributed by atoms with Gasteiger partial charge in [-0.05, 0) is 56.3 Å². The first kappa shape index (κ1) is 14.4. The molecule has 2 aliphatic rings. The van der Waals surface area contributed by atoms with Crippen LogP contribution in [0.15, 0.2) is 29.8 Å². The van der Waals surface area contributed by atoms with E-state index < -0.39 is 6.10 Å². The van der Waals surface area contributed by atoms with E-state index in [-0.39, 0.29) is 6.79 Å². The molecule has 1 aliphatic carbocycles. The average Bonchev–Trinajstić information content (AvgIpc) is 3.00. The molecule has 1 heterocycles. The first-order chi connectivity index (χ1) is 10.3. The molecule has 0 aromatic heterocycles. The number of hydrogen-bond acceptors (Lipinski definition) is 4. The molecule has 4 heteroatoms. The molecule has 0 amide bonds. The summed E-state index contributed by atoms with van der Waals surface area (Å²) in [5.41, 5.74) is 2.43. The lowest BCUT2D eigenvalue weighted by atomic mass is 9.97. The number of nitrogens with one attached hydrogen (secondary N) is 1. The van der Waals surface area contributed by atoms with Crippen molar-refractivity contribution in [1.82, 2.24) is 5.32 Å². The number of benzene rings is 1. The normalized spacial score (nSPS) is 18.4. The monoisotopic (exact) mass is 289 g/mol. The minimum absolute atomic E-state index is 0.266. The Morgan fingerprint density at radius 1 is 1.19 bits per heavy atom. The van der Waals surface area contributed by atoms with Crippen molar-refractivity contribution in [3.63, 3.8) is 0 Å². The molecule has 0 saturated carbocycles. The van der Waals surface area contributed by atoms with Gasteiger partial charge in [-0.1, -0.05) is 17.7 Å². The van der Waals surface area contributed by atoms with Gasteiger partial charge in [0.2, 0.25) is 6.79 Å². The molecule has 0 bridgehead atoms. The van der Waals surface area contributed by atoms with Crippen molar-refractivity contribution < 1.29 is 14.6 Å². The topological polar surface area (TPSA) is 50.7 Å². The summed E-state index contributed by atoms with van der Waals surface area (Å²) >= 11 is 0. The maximum absolute atomic E-state index is 10.2. The summed E-state index contributed by atoms with van der Waals surface area (Å²) in [4.78, 5) is 0. The Labute approximate surface area is 125 Å². The van der Waals surface area contributed by atoms with E-state index in [2.05, 4.69) is 11.4 Å². The Kier molecular flexibility index (Phi) is 4.78. The molecule has 0 spiro atoms. The summed E-state index contributed by atoms with van der Waals surface area (Å²) in [6.45, 7) is 1.75. The van der Waals surface area contributed by atoms with Gasteiger partial charge < -0.3 is 19.9 Å². The van der Waals surface area contributed by atoms with Crippen molar-refractivity contribution in [2.45, 2.75) is 38.2 Å². The predicted octanol–water partition coefficient (Wildman–Crippen LogP) is 2.93. The molecule has 114 valence electrons. The second-order valence-corrected chi connectivity index (χ2v) is 5.69. The number of ether oxygens (including phenoxy) is 2. The molecule has 21 heavy (non-hydrogen) atoms. The standard InChI is InChI=1S/C17H23NO3/c19-15(11-18-9-8-13-4-2-1-3-5-13)14-6-7-16-17(10-14)21-12-20-16/h4,6-7,10,15,18-19H,1-3,5,8-9,11-12H2. The minimum atomic E-state index is -0.514. The lowest BCUT2D eigenvalue weighted by Gasteiger charge is -2.15. The third-order valence-corrected chi connectivity index (χ3v) is 4.13. The zero-order valence-corrected chi connectivity index (χ0v) is 12.3. The van der Waals surface area contributed by atoms with Crippen LogP contribution in [-0.4, -0.2) is 25.0 Å². The lowest BCUT2D eigenvalue weighted by molar-refractivity contribution is 0.170. The van der Waals surface area contributed by atoms with Gasteiger partial charge in [-0.25, -0.2) is 0 Å². The van der Waals surface area contributed by atoms with Gasteiger partial charge in [-0.2, -0.15) is 0 Å². The van der Waals surface area contributed by atoms with Gasteiger partial charge in [0, 0.05) is 6.54 Å². The Morgan fingerprint density at radius 2 is 2.10 bits per heavy atom. The second kappa shape index (κ2) is 6.96. The van der Waals surface area contributed by atoms with Gasteiger partial charge >= 0.3 is 0 Å². The molecular weight excluding hydrogens is 266 g/mol. The molecule has 1 aromatic rings. The minimum Gasteiger partial charge on any atom is -0.454 e. The van der Waals surface area contributed by atoms with Gasteiger partial charge in [0.15, 0.2) is 11.5 Å². The number of aliphatic hydroxyl groups excluding tert-OH is 1. The van der Waals surface area contributed by atoms with E-state index in [9.17, 15) is 5.11 Å². The average molecular weight is 289 g/mol. The number of aliphatic hydroxyl groups is 1. The van der Waals surface area contributed by atoms with Gasteiger partial charge in [0.1, 0.15) is 0 Å². The van der Waals surface area contributed by atoms with Crippen molar-refractivity contribution in [3.8, 4) is 11.5 Å². The summed E-state index contributed by atoms with van der Waals surface area (Å²) in [6, 6.07) is 5.61. The van der Waals surface area contributed by atoms with Crippen molar-refractivity contribution >= 4 is 0 Å². The largest absolute Gasteiger partial charge is 0.454 e. The van der Waals surface area contributed by atoms with Crippen molar-refractivity contribution in [2.75, 3.05) is 19.9 Å². The molecule has 0 radical (unpaired) electrons. The van der Waals surface area contributed by atoms with Crippen LogP contribution in [0.4, 0.5) is 0 Å². The van der Waals surface area contributed by atoms with Crippen LogP contribution in [0.5, 0.6) is 11.5 Å². The van der Waals surface area contributed by atoms with Gasteiger partial charge in [0.25, 0.3) is 0 Å². The van der Waals surface area contributed by atoms with Crippen LogP contribution in [0.25, 0.3) is 0 Å². The second-order valence-electron chi connectivity index (χ2n) is 5.69. The van der Waals surface area contributed by atoms with E-state index in [4.69, 9.17) is 9.47 Å². The van der Waals surface area contributed by atoms with Gasteiger partial charge in [-0.15, -0.1) is 0 Å². The molecular formula is C17H23NO3. The van der Waals surface area contributed by atoms with Crippen LogP contribution in [0, 0.1) is 0 Å². The molecule has 3 rings (SSSR count). The third-order valence-electron chi connectivity index (χ3n) is 4.13. The lowest BCUT2D eigenvalue weighted by Crippen LogP contribution is -2.23. The molecule has 1 unspecified atom stereocenters. The fourth-order valence-corrected chi connectivity index (χ4v) is 2.86. The predicted molar refractivity (Wildman–Crippen MR) is 81.6 cm³/mol. The maximum atomic E-state index is 10.2.